The van der Waals surface area contributed by atoms with Gasteiger partial charge in [0.05, 0.1) is 23.9 Å². The molecule has 0 aliphatic heterocycles. The summed E-state index contributed by atoms with van der Waals surface area (Å²) in [6.07, 6.45) is 0. The standard InChI is InChI=1S/C18H18N2O4S/c1-3-23-12-4-6-13(7-5-12)24-11-17(21)20-18-19-15-9-8-14(22-2)10-16(15)25-18/h4-10H,3,11H2,1-2H3,(H,19,20,21). The topological polar surface area (TPSA) is 69.7 Å². The number of ether oxygens (including phenoxy) is 3. The van der Waals surface area contributed by atoms with Crippen molar-refractivity contribution in [2.75, 3.05) is 25.6 Å². The Bertz CT molecular complexity index is 861. The number of nitrogens with one attached hydrogen (secondary N) is 1. The molecule has 0 radical (unpaired) electrons. The summed E-state index contributed by atoms with van der Waals surface area (Å²) in [6, 6.07) is 12.7. The Labute approximate surface area is 149 Å². The van der Waals surface area contributed by atoms with Gasteiger partial charge in [0.1, 0.15) is 17.2 Å². The first-order valence-electron chi connectivity index (χ1n) is 7.78. The third kappa shape index (κ3) is 4.39. The molecule has 0 fully saturated rings. The average Bonchev–Trinajstić information content (AvgIpc) is 3.02. The third-order valence-corrected chi connectivity index (χ3v) is 4.28. The number of thiazole rings is 1. The summed E-state index contributed by atoms with van der Waals surface area (Å²) < 4.78 is 17.0. The quantitative estimate of drug-likeness (QED) is 0.697. The van der Waals surface area contributed by atoms with Crippen LogP contribution < -0.4 is 19.5 Å². The Morgan fingerprint density at radius 2 is 1.76 bits per heavy atom. The number of rotatable bonds is 7. The van der Waals surface area contributed by atoms with E-state index in [-0.39, 0.29) is 12.5 Å². The normalized spacial score (nSPS) is 10.5. The summed E-state index contributed by atoms with van der Waals surface area (Å²) in [5.41, 5.74) is 0.813. The molecule has 2 aromatic carbocycles. The SMILES string of the molecule is CCOc1ccc(OCC(=O)Nc2nc3ccc(OC)cc3s2)cc1. The maximum atomic E-state index is 12.0. The average molecular weight is 358 g/mol. The highest BCUT2D eigenvalue weighted by Gasteiger charge is 2.09. The Kier molecular flexibility index (Phi) is 5.35. The van der Waals surface area contributed by atoms with E-state index in [4.69, 9.17) is 14.2 Å². The van der Waals surface area contributed by atoms with Crippen LogP contribution in [0.4, 0.5) is 5.13 Å². The lowest BCUT2D eigenvalue weighted by Gasteiger charge is -2.07. The maximum Gasteiger partial charge on any atom is 0.264 e. The van der Waals surface area contributed by atoms with Crippen LogP contribution >= 0.6 is 11.3 Å². The van der Waals surface area contributed by atoms with Gasteiger partial charge in [-0.3, -0.25) is 10.1 Å². The van der Waals surface area contributed by atoms with E-state index in [1.807, 2.05) is 25.1 Å². The second-order valence-corrected chi connectivity index (χ2v) is 6.12. The number of aromatic nitrogens is 1. The number of fused-ring (bicyclic) bond motifs is 1. The molecule has 0 unspecified atom stereocenters. The van der Waals surface area contributed by atoms with E-state index in [1.54, 1.807) is 31.4 Å². The second-order valence-electron chi connectivity index (χ2n) is 5.09. The monoisotopic (exact) mass is 358 g/mol. The molecule has 3 rings (SSSR count). The van der Waals surface area contributed by atoms with Gasteiger partial charge in [-0.1, -0.05) is 11.3 Å². The summed E-state index contributed by atoms with van der Waals surface area (Å²) >= 11 is 1.39. The number of hydrogen-bond donors (Lipinski definition) is 1. The number of carbonyl (C=O) groups is 1. The van der Waals surface area contributed by atoms with Gasteiger partial charge >= 0.3 is 0 Å². The first-order valence-corrected chi connectivity index (χ1v) is 8.59. The minimum absolute atomic E-state index is 0.0901. The van der Waals surface area contributed by atoms with E-state index < -0.39 is 0 Å². The third-order valence-electron chi connectivity index (χ3n) is 3.35. The summed E-state index contributed by atoms with van der Waals surface area (Å²) in [7, 11) is 1.61. The van der Waals surface area contributed by atoms with Crippen LogP contribution in [0.3, 0.4) is 0 Å². The molecular weight excluding hydrogens is 340 g/mol. The fourth-order valence-corrected chi connectivity index (χ4v) is 3.10. The molecule has 6 nitrogen and oxygen atoms in total. The van der Waals surface area contributed by atoms with Gasteiger partial charge in [-0.05, 0) is 49.4 Å². The molecule has 1 aromatic heterocycles. The van der Waals surface area contributed by atoms with E-state index in [2.05, 4.69) is 10.3 Å². The van der Waals surface area contributed by atoms with Crippen LogP contribution in [0, 0.1) is 0 Å². The van der Waals surface area contributed by atoms with Crippen molar-refractivity contribution in [3.05, 3.63) is 42.5 Å². The Hall–Kier alpha value is -2.80. The molecule has 130 valence electrons. The first kappa shape index (κ1) is 17.0. The first-order chi connectivity index (χ1) is 12.2. The van der Waals surface area contributed by atoms with Crippen molar-refractivity contribution in [3.63, 3.8) is 0 Å². The highest BCUT2D eigenvalue weighted by Crippen LogP contribution is 2.29. The maximum absolute atomic E-state index is 12.0. The molecular formula is C18H18N2O4S. The minimum Gasteiger partial charge on any atom is -0.497 e. The molecule has 0 atom stereocenters. The molecule has 0 saturated carbocycles. The van der Waals surface area contributed by atoms with Crippen LogP contribution in [0.15, 0.2) is 42.5 Å². The molecule has 25 heavy (non-hydrogen) atoms. The van der Waals surface area contributed by atoms with Gasteiger partial charge in [0.2, 0.25) is 0 Å². The highest BCUT2D eigenvalue weighted by molar-refractivity contribution is 7.22. The lowest BCUT2D eigenvalue weighted by atomic mass is 10.3. The summed E-state index contributed by atoms with van der Waals surface area (Å²) in [4.78, 5) is 16.4. The number of methoxy groups -OCH3 is 1. The Morgan fingerprint density at radius 3 is 2.44 bits per heavy atom. The van der Waals surface area contributed by atoms with Crippen molar-refractivity contribution in [3.8, 4) is 17.2 Å². The van der Waals surface area contributed by atoms with Crippen molar-refractivity contribution in [1.29, 1.82) is 0 Å². The summed E-state index contributed by atoms with van der Waals surface area (Å²) in [6.45, 7) is 2.44. The van der Waals surface area contributed by atoms with Gasteiger partial charge in [-0.2, -0.15) is 0 Å². The van der Waals surface area contributed by atoms with Crippen LogP contribution in [-0.2, 0) is 4.79 Å². The zero-order chi connectivity index (χ0) is 17.6. The van der Waals surface area contributed by atoms with E-state index in [0.717, 1.165) is 21.7 Å². The highest BCUT2D eigenvalue weighted by atomic mass is 32.1. The molecule has 1 heterocycles. The van der Waals surface area contributed by atoms with Crippen molar-refractivity contribution >= 4 is 32.6 Å². The van der Waals surface area contributed by atoms with Gasteiger partial charge in [0.15, 0.2) is 11.7 Å². The predicted octanol–water partition coefficient (Wildman–Crippen LogP) is 3.72. The molecule has 0 aliphatic carbocycles. The number of carbonyl (C=O) groups excluding carboxylic acids is 1. The van der Waals surface area contributed by atoms with Crippen molar-refractivity contribution < 1.29 is 19.0 Å². The van der Waals surface area contributed by atoms with E-state index >= 15 is 0 Å². The largest absolute Gasteiger partial charge is 0.497 e. The number of nitrogens with zero attached hydrogens (tertiary/aromatic N) is 1. The van der Waals surface area contributed by atoms with Crippen LogP contribution in [0.1, 0.15) is 6.92 Å². The lowest BCUT2D eigenvalue weighted by Crippen LogP contribution is -2.19. The van der Waals surface area contributed by atoms with Gasteiger partial charge in [-0.15, -0.1) is 0 Å². The molecule has 0 aliphatic rings. The van der Waals surface area contributed by atoms with Crippen LogP contribution in [0.25, 0.3) is 10.2 Å². The fourth-order valence-electron chi connectivity index (χ4n) is 2.19. The van der Waals surface area contributed by atoms with E-state index in [1.165, 1.54) is 11.3 Å². The number of hydrogen-bond acceptors (Lipinski definition) is 6. The minimum atomic E-state index is -0.264. The molecule has 1 N–H and O–H groups in total. The summed E-state index contributed by atoms with van der Waals surface area (Å²) in [5, 5.41) is 3.28. The van der Waals surface area contributed by atoms with Gasteiger partial charge in [0, 0.05) is 0 Å². The zero-order valence-corrected chi connectivity index (χ0v) is 14.8. The molecule has 0 saturated heterocycles. The Morgan fingerprint density at radius 1 is 1.08 bits per heavy atom. The van der Waals surface area contributed by atoms with Crippen LogP contribution in [0.2, 0.25) is 0 Å². The smallest absolute Gasteiger partial charge is 0.264 e. The molecule has 7 heteroatoms. The Balaban J connectivity index is 1.57. The molecule has 0 spiro atoms. The number of benzene rings is 2. The zero-order valence-electron chi connectivity index (χ0n) is 13.9. The predicted molar refractivity (Wildman–Crippen MR) is 97.9 cm³/mol. The van der Waals surface area contributed by atoms with Crippen molar-refractivity contribution in [2.45, 2.75) is 6.92 Å². The van der Waals surface area contributed by atoms with E-state index in [9.17, 15) is 4.79 Å². The lowest BCUT2D eigenvalue weighted by molar-refractivity contribution is -0.118. The molecule has 3 aromatic rings. The summed E-state index contributed by atoms with van der Waals surface area (Å²) in [5.74, 6) is 1.87. The number of anilines is 1. The van der Waals surface area contributed by atoms with Gasteiger partial charge in [0.25, 0.3) is 5.91 Å². The van der Waals surface area contributed by atoms with Crippen molar-refractivity contribution in [2.24, 2.45) is 0 Å². The van der Waals surface area contributed by atoms with Gasteiger partial charge < -0.3 is 14.2 Å². The van der Waals surface area contributed by atoms with E-state index in [0.29, 0.717) is 17.5 Å². The molecule has 1 amide bonds. The van der Waals surface area contributed by atoms with Gasteiger partial charge in [-0.25, -0.2) is 4.98 Å². The molecule has 0 bridgehead atoms. The fraction of sp³-hybridized carbons (Fsp3) is 0.222. The van der Waals surface area contributed by atoms with Crippen LogP contribution in [0.5, 0.6) is 17.2 Å². The number of amides is 1. The van der Waals surface area contributed by atoms with Crippen molar-refractivity contribution in [1.82, 2.24) is 4.98 Å². The second kappa shape index (κ2) is 7.85. The van der Waals surface area contributed by atoms with Crippen LogP contribution in [-0.4, -0.2) is 31.2 Å².